The first-order valence-corrected chi connectivity index (χ1v) is 5.80. The van der Waals surface area contributed by atoms with Crippen molar-refractivity contribution in [2.24, 2.45) is 0 Å². The van der Waals surface area contributed by atoms with Crippen LogP contribution < -0.4 is 10.3 Å². The number of halogens is 1. The zero-order valence-electron chi connectivity index (χ0n) is 10.4. The molecule has 6 nitrogen and oxygen atoms in total. The number of aromatic nitrogens is 1. The highest BCUT2D eigenvalue weighted by Gasteiger charge is 2.14. The quantitative estimate of drug-likeness (QED) is 0.619. The Morgan fingerprint density at radius 3 is 2.75 bits per heavy atom. The summed E-state index contributed by atoms with van der Waals surface area (Å²) in [5, 5.41) is 10.5. The van der Waals surface area contributed by atoms with E-state index in [1.807, 2.05) is 0 Å². The van der Waals surface area contributed by atoms with Gasteiger partial charge in [0.05, 0.1) is 11.5 Å². The Hall–Kier alpha value is -2.70. The van der Waals surface area contributed by atoms with Crippen LogP contribution in [0.2, 0.25) is 0 Å². The van der Waals surface area contributed by atoms with Gasteiger partial charge in [-0.25, -0.2) is 0 Å². The van der Waals surface area contributed by atoms with Crippen LogP contribution in [0.4, 0.5) is 10.1 Å². The molecule has 0 aliphatic heterocycles. The zero-order chi connectivity index (χ0) is 14.5. The van der Waals surface area contributed by atoms with Crippen LogP contribution in [0.15, 0.2) is 47.4 Å². The Morgan fingerprint density at radius 2 is 2.10 bits per heavy atom. The molecule has 0 N–H and O–H groups in total. The van der Waals surface area contributed by atoms with Crippen LogP contribution in [0.25, 0.3) is 0 Å². The van der Waals surface area contributed by atoms with E-state index in [9.17, 15) is 19.3 Å². The minimum atomic E-state index is -0.954. The summed E-state index contributed by atoms with van der Waals surface area (Å²) in [6.07, 6.45) is 1.61. The highest BCUT2D eigenvalue weighted by atomic mass is 19.1. The molecule has 1 aromatic heterocycles. The molecule has 0 radical (unpaired) electrons. The molecule has 7 heteroatoms. The Balaban J connectivity index is 1.98. The van der Waals surface area contributed by atoms with Gasteiger partial charge in [-0.1, -0.05) is 6.07 Å². The zero-order valence-corrected chi connectivity index (χ0v) is 10.4. The van der Waals surface area contributed by atoms with Crippen LogP contribution in [0.5, 0.6) is 5.75 Å². The number of nitro benzene ring substituents is 1. The number of hydrogen-bond acceptors (Lipinski definition) is 4. The molecule has 104 valence electrons. The van der Waals surface area contributed by atoms with Crippen molar-refractivity contribution in [1.82, 2.24) is 4.57 Å². The molecular formula is C13H11FN2O4. The molecule has 0 amide bonds. The molecule has 1 aromatic carbocycles. The van der Waals surface area contributed by atoms with E-state index in [0.29, 0.717) is 6.54 Å². The van der Waals surface area contributed by atoms with Crippen LogP contribution in [0, 0.1) is 15.9 Å². The predicted molar refractivity (Wildman–Crippen MR) is 69.3 cm³/mol. The molecule has 2 rings (SSSR count). The first kappa shape index (κ1) is 13.7. The monoisotopic (exact) mass is 278 g/mol. The fourth-order valence-corrected chi connectivity index (χ4v) is 1.63. The molecular weight excluding hydrogens is 267 g/mol. The Bertz CT molecular complexity index is 684. The molecule has 0 fully saturated rings. The van der Waals surface area contributed by atoms with Crippen molar-refractivity contribution in [2.75, 3.05) is 6.61 Å². The Morgan fingerprint density at radius 1 is 1.30 bits per heavy atom. The van der Waals surface area contributed by atoms with Crippen molar-refractivity contribution >= 4 is 5.69 Å². The molecule has 0 atom stereocenters. The van der Waals surface area contributed by atoms with E-state index < -0.39 is 16.4 Å². The molecule has 0 aliphatic rings. The first-order valence-electron chi connectivity index (χ1n) is 5.80. The molecule has 0 saturated carbocycles. The second-order valence-electron chi connectivity index (χ2n) is 3.95. The highest BCUT2D eigenvalue weighted by molar-refractivity contribution is 5.37. The maximum Gasteiger partial charge on any atom is 0.305 e. The molecule has 0 spiro atoms. The van der Waals surface area contributed by atoms with E-state index in [1.165, 1.54) is 16.7 Å². The smallest absolute Gasteiger partial charge is 0.305 e. The Kier molecular flexibility index (Phi) is 4.09. The fourth-order valence-electron chi connectivity index (χ4n) is 1.63. The topological polar surface area (TPSA) is 74.4 Å². The molecule has 0 saturated heterocycles. The van der Waals surface area contributed by atoms with E-state index in [0.717, 1.165) is 12.1 Å². The number of pyridine rings is 1. The summed E-state index contributed by atoms with van der Waals surface area (Å²) in [5.74, 6) is -0.776. The maximum atomic E-state index is 13.3. The van der Waals surface area contributed by atoms with Crippen molar-refractivity contribution in [3.8, 4) is 5.75 Å². The molecule has 0 bridgehead atoms. The summed E-state index contributed by atoms with van der Waals surface area (Å²) >= 11 is 0. The normalized spacial score (nSPS) is 10.2. The number of ether oxygens (including phenoxy) is 1. The minimum absolute atomic E-state index is 0.154. The van der Waals surface area contributed by atoms with E-state index in [4.69, 9.17) is 4.74 Å². The van der Waals surface area contributed by atoms with Crippen molar-refractivity contribution in [3.63, 3.8) is 0 Å². The van der Waals surface area contributed by atoms with E-state index in [2.05, 4.69) is 0 Å². The Labute approximate surface area is 113 Å². The van der Waals surface area contributed by atoms with Gasteiger partial charge in [0.1, 0.15) is 12.4 Å². The van der Waals surface area contributed by atoms with Gasteiger partial charge in [0, 0.05) is 24.4 Å². The van der Waals surface area contributed by atoms with Crippen LogP contribution in [-0.4, -0.2) is 16.1 Å². The number of nitro groups is 1. The number of benzene rings is 1. The summed E-state index contributed by atoms with van der Waals surface area (Å²) in [6, 6.07) is 8.07. The summed E-state index contributed by atoms with van der Waals surface area (Å²) in [5.41, 5.74) is -0.761. The summed E-state index contributed by atoms with van der Waals surface area (Å²) in [7, 11) is 0. The lowest BCUT2D eigenvalue weighted by molar-refractivity contribution is -0.387. The second kappa shape index (κ2) is 5.96. The van der Waals surface area contributed by atoms with Crippen LogP contribution in [-0.2, 0) is 6.54 Å². The lowest BCUT2D eigenvalue weighted by Gasteiger charge is -2.08. The average molecular weight is 278 g/mol. The lowest BCUT2D eigenvalue weighted by Crippen LogP contribution is -2.21. The average Bonchev–Trinajstić information content (AvgIpc) is 2.40. The van der Waals surface area contributed by atoms with Gasteiger partial charge in [-0.2, -0.15) is 4.39 Å². The SMILES string of the molecule is O=c1ccccn1CCOc1ccc([N+](=O)[O-])c(F)c1. The van der Waals surface area contributed by atoms with Gasteiger partial charge in [-0.3, -0.25) is 14.9 Å². The lowest BCUT2D eigenvalue weighted by atomic mass is 10.3. The van der Waals surface area contributed by atoms with Crippen LogP contribution in [0.3, 0.4) is 0 Å². The number of nitrogens with zero attached hydrogens (tertiary/aromatic N) is 2. The molecule has 20 heavy (non-hydrogen) atoms. The van der Waals surface area contributed by atoms with Crippen molar-refractivity contribution in [1.29, 1.82) is 0 Å². The maximum absolute atomic E-state index is 13.3. The predicted octanol–water partition coefficient (Wildman–Crippen LogP) is 1.97. The second-order valence-corrected chi connectivity index (χ2v) is 3.95. The van der Waals surface area contributed by atoms with Gasteiger partial charge >= 0.3 is 5.69 Å². The van der Waals surface area contributed by atoms with Gasteiger partial charge in [0.15, 0.2) is 0 Å². The third kappa shape index (κ3) is 3.19. The van der Waals surface area contributed by atoms with Gasteiger partial charge < -0.3 is 9.30 Å². The van der Waals surface area contributed by atoms with Gasteiger partial charge in [0.2, 0.25) is 5.82 Å². The summed E-state index contributed by atoms with van der Waals surface area (Å²) in [4.78, 5) is 21.1. The fraction of sp³-hybridized carbons (Fsp3) is 0.154. The van der Waals surface area contributed by atoms with Gasteiger partial charge in [-0.05, 0) is 12.1 Å². The number of hydrogen-bond donors (Lipinski definition) is 0. The van der Waals surface area contributed by atoms with E-state index in [-0.39, 0.29) is 17.9 Å². The summed E-state index contributed by atoms with van der Waals surface area (Å²) in [6.45, 7) is 0.458. The van der Waals surface area contributed by atoms with Gasteiger partial charge in [-0.15, -0.1) is 0 Å². The molecule has 0 aliphatic carbocycles. The highest BCUT2D eigenvalue weighted by Crippen LogP contribution is 2.22. The molecule has 2 aromatic rings. The standard InChI is InChI=1S/C13H11FN2O4/c14-11-9-10(4-5-12(11)16(18)19)20-8-7-15-6-2-1-3-13(15)17/h1-6,9H,7-8H2. The van der Waals surface area contributed by atoms with E-state index >= 15 is 0 Å². The third-order valence-corrected chi connectivity index (χ3v) is 2.62. The van der Waals surface area contributed by atoms with E-state index in [1.54, 1.807) is 18.3 Å². The van der Waals surface area contributed by atoms with Crippen LogP contribution in [0.1, 0.15) is 0 Å². The van der Waals surface area contributed by atoms with Gasteiger partial charge in [0.25, 0.3) is 5.56 Å². The van der Waals surface area contributed by atoms with Crippen LogP contribution >= 0.6 is 0 Å². The van der Waals surface area contributed by atoms with Crippen molar-refractivity contribution < 1.29 is 14.1 Å². The third-order valence-electron chi connectivity index (χ3n) is 2.62. The molecule has 1 heterocycles. The largest absolute Gasteiger partial charge is 0.492 e. The first-order chi connectivity index (χ1) is 9.58. The minimum Gasteiger partial charge on any atom is -0.492 e. The van der Waals surface area contributed by atoms with Crippen molar-refractivity contribution in [2.45, 2.75) is 6.54 Å². The summed E-state index contributed by atoms with van der Waals surface area (Å²) < 4.78 is 20.0. The number of rotatable bonds is 5. The molecule has 0 unspecified atom stereocenters. The van der Waals surface area contributed by atoms with Crippen molar-refractivity contribution in [3.05, 3.63) is 68.9 Å².